The molecular formula is C9H14N4O4. The zero-order valence-corrected chi connectivity index (χ0v) is 9.34. The van der Waals surface area contributed by atoms with Crippen LogP contribution >= 0.6 is 0 Å². The van der Waals surface area contributed by atoms with Gasteiger partial charge in [-0.1, -0.05) is 0 Å². The van der Waals surface area contributed by atoms with Crippen molar-refractivity contribution in [2.24, 2.45) is 12.8 Å². The second-order valence-corrected chi connectivity index (χ2v) is 3.28. The van der Waals surface area contributed by atoms with Gasteiger partial charge in [0.25, 0.3) is 0 Å². The van der Waals surface area contributed by atoms with Crippen LogP contribution in [0, 0.1) is 0 Å². The first kappa shape index (κ1) is 13.0. The lowest BCUT2D eigenvalue weighted by Gasteiger charge is -2.06. The van der Waals surface area contributed by atoms with Gasteiger partial charge in [0.05, 0.1) is 11.9 Å². The van der Waals surface area contributed by atoms with Crippen molar-refractivity contribution >= 4 is 12.1 Å². The molecule has 0 bridgehead atoms. The Morgan fingerprint density at radius 2 is 2.35 bits per heavy atom. The van der Waals surface area contributed by atoms with Crippen LogP contribution in [0.5, 0.6) is 0 Å². The summed E-state index contributed by atoms with van der Waals surface area (Å²) in [5.74, 6) is -1.02. The van der Waals surface area contributed by atoms with Crippen molar-refractivity contribution in [3.63, 3.8) is 0 Å². The maximum atomic E-state index is 10.8. The van der Waals surface area contributed by atoms with Gasteiger partial charge in [-0.25, -0.2) is 9.59 Å². The van der Waals surface area contributed by atoms with Crippen molar-refractivity contribution in [2.75, 3.05) is 13.2 Å². The molecule has 0 unspecified atom stereocenters. The quantitative estimate of drug-likeness (QED) is 0.567. The molecular weight excluding hydrogens is 228 g/mol. The van der Waals surface area contributed by atoms with Crippen LogP contribution in [0.25, 0.3) is 0 Å². The number of rotatable bonds is 6. The Hall–Kier alpha value is -2.09. The highest BCUT2D eigenvalue weighted by Gasteiger charge is 2.14. The number of aromatic carboxylic acids is 1. The number of primary amides is 1. The highest BCUT2D eigenvalue weighted by Crippen LogP contribution is 2.06. The number of nitrogens with two attached hydrogens (primary N) is 1. The zero-order valence-electron chi connectivity index (χ0n) is 9.34. The SMILES string of the molecule is Cn1ncc(C(=O)O)c1CNCCOC(N)=O. The average Bonchev–Trinajstić information content (AvgIpc) is 2.59. The Morgan fingerprint density at radius 3 is 2.94 bits per heavy atom. The van der Waals surface area contributed by atoms with Crippen molar-refractivity contribution < 1.29 is 19.4 Å². The van der Waals surface area contributed by atoms with E-state index in [1.54, 1.807) is 7.05 Å². The summed E-state index contributed by atoms with van der Waals surface area (Å²) in [5.41, 5.74) is 5.48. The molecule has 0 fully saturated rings. The summed E-state index contributed by atoms with van der Waals surface area (Å²) < 4.78 is 5.98. The van der Waals surface area contributed by atoms with E-state index in [4.69, 9.17) is 10.8 Å². The number of carboxylic acid groups (broad SMARTS) is 1. The number of nitrogens with zero attached hydrogens (tertiary/aromatic N) is 2. The van der Waals surface area contributed by atoms with Gasteiger partial charge in [0.15, 0.2) is 0 Å². The number of amides is 1. The van der Waals surface area contributed by atoms with E-state index in [-0.39, 0.29) is 12.2 Å². The minimum Gasteiger partial charge on any atom is -0.478 e. The van der Waals surface area contributed by atoms with E-state index in [0.29, 0.717) is 18.8 Å². The highest BCUT2D eigenvalue weighted by molar-refractivity contribution is 5.88. The Balaban J connectivity index is 2.43. The van der Waals surface area contributed by atoms with E-state index in [0.717, 1.165) is 0 Å². The first-order valence-electron chi connectivity index (χ1n) is 4.89. The lowest BCUT2D eigenvalue weighted by atomic mass is 10.2. The molecule has 0 saturated heterocycles. The summed E-state index contributed by atoms with van der Waals surface area (Å²) in [4.78, 5) is 21.1. The van der Waals surface area contributed by atoms with E-state index in [1.807, 2.05) is 0 Å². The number of carbonyl (C=O) groups is 2. The Morgan fingerprint density at radius 1 is 1.65 bits per heavy atom. The smallest absolute Gasteiger partial charge is 0.404 e. The molecule has 1 aromatic rings. The highest BCUT2D eigenvalue weighted by atomic mass is 16.5. The minimum absolute atomic E-state index is 0.135. The van der Waals surface area contributed by atoms with Crippen LogP contribution in [0.3, 0.4) is 0 Å². The van der Waals surface area contributed by atoms with E-state index < -0.39 is 12.1 Å². The second kappa shape index (κ2) is 5.85. The van der Waals surface area contributed by atoms with Gasteiger partial charge in [-0.15, -0.1) is 0 Å². The van der Waals surface area contributed by atoms with Crippen LogP contribution in [-0.2, 0) is 18.3 Å². The largest absolute Gasteiger partial charge is 0.478 e. The molecule has 4 N–H and O–H groups in total. The molecule has 1 aromatic heterocycles. The van der Waals surface area contributed by atoms with Crippen LogP contribution in [0.4, 0.5) is 4.79 Å². The third kappa shape index (κ3) is 3.76. The fourth-order valence-corrected chi connectivity index (χ4v) is 1.28. The maximum Gasteiger partial charge on any atom is 0.404 e. The predicted octanol–water partition coefficient (Wildman–Crippen LogP) is -0.697. The normalized spacial score (nSPS) is 10.2. The molecule has 1 amide bonds. The number of aryl methyl sites for hydroxylation is 1. The summed E-state index contributed by atoms with van der Waals surface area (Å²) in [6.45, 7) is 0.836. The molecule has 17 heavy (non-hydrogen) atoms. The standard InChI is InChI=1S/C9H14N4O4/c1-13-7(6(4-12-13)8(14)15)5-11-2-3-17-9(10)16/h4,11H,2-3,5H2,1H3,(H2,10,16)(H,14,15). The van der Waals surface area contributed by atoms with Crippen molar-refractivity contribution in [1.82, 2.24) is 15.1 Å². The van der Waals surface area contributed by atoms with E-state index in [2.05, 4.69) is 15.2 Å². The Kier molecular flexibility index (Phi) is 4.46. The van der Waals surface area contributed by atoms with Crippen molar-refractivity contribution in [3.8, 4) is 0 Å². The van der Waals surface area contributed by atoms with Crippen molar-refractivity contribution in [2.45, 2.75) is 6.54 Å². The van der Waals surface area contributed by atoms with Crippen molar-refractivity contribution in [3.05, 3.63) is 17.5 Å². The fourth-order valence-electron chi connectivity index (χ4n) is 1.28. The van der Waals surface area contributed by atoms with E-state index in [9.17, 15) is 9.59 Å². The first-order valence-corrected chi connectivity index (χ1v) is 4.89. The molecule has 8 nitrogen and oxygen atoms in total. The fraction of sp³-hybridized carbons (Fsp3) is 0.444. The van der Waals surface area contributed by atoms with Gasteiger partial charge in [0, 0.05) is 20.1 Å². The van der Waals surface area contributed by atoms with Crippen molar-refractivity contribution in [1.29, 1.82) is 0 Å². The Bertz CT molecular complexity index is 415. The summed E-state index contributed by atoms with van der Waals surface area (Å²) in [6, 6.07) is 0. The summed E-state index contributed by atoms with van der Waals surface area (Å²) in [7, 11) is 1.66. The van der Waals surface area contributed by atoms with E-state index >= 15 is 0 Å². The van der Waals surface area contributed by atoms with Crippen LogP contribution in [0.1, 0.15) is 16.1 Å². The lowest BCUT2D eigenvalue weighted by Crippen LogP contribution is -2.24. The molecule has 0 atom stereocenters. The molecule has 0 aliphatic carbocycles. The minimum atomic E-state index is -1.02. The number of carboxylic acids is 1. The first-order chi connectivity index (χ1) is 8.02. The van der Waals surface area contributed by atoms with Crippen LogP contribution in [0.2, 0.25) is 0 Å². The molecule has 8 heteroatoms. The topological polar surface area (TPSA) is 119 Å². The summed E-state index contributed by atoms with van der Waals surface area (Å²) in [5, 5.41) is 15.7. The van der Waals surface area contributed by atoms with Gasteiger partial charge in [-0.3, -0.25) is 4.68 Å². The molecule has 0 spiro atoms. The van der Waals surface area contributed by atoms with Gasteiger partial charge >= 0.3 is 12.1 Å². The van der Waals surface area contributed by atoms with Gasteiger partial charge < -0.3 is 20.9 Å². The number of ether oxygens (including phenoxy) is 1. The Labute approximate surface area is 97.3 Å². The molecule has 1 heterocycles. The molecule has 0 radical (unpaired) electrons. The number of carbonyl (C=O) groups excluding carboxylic acids is 1. The number of aromatic nitrogens is 2. The molecule has 0 aromatic carbocycles. The summed E-state index contributed by atoms with van der Waals surface area (Å²) in [6.07, 6.45) is 0.456. The predicted molar refractivity (Wildman–Crippen MR) is 57.4 cm³/mol. The van der Waals surface area contributed by atoms with Gasteiger partial charge in [0.1, 0.15) is 12.2 Å². The maximum absolute atomic E-state index is 10.8. The van der Waals surface area contributed by atoms with Crippen LogP contribution in [0.15, 0.2) is 6.20 Å². The van der Waals surface area contributed by atoms with Gasteiger partial charge in [-0.05, 0) is 0 Å². The molecule has 94 valence electrons. The van der Waals surface area contributed by atoms with Crippen LogP contribution in [-0.4, -0.2) is 40.1 Å². The average molecular weight is 242 g/mol. The lowest BCUT2D eigenvalue weighted by molar-refractivity contribution is 0.0695. The molecule has 0 aliphatic heterocycles. The molecule has 1 rings (SSSR count). The second-order valence-electron chi connectivity index (χ2n) is 3.28. The van der Waals surface area contributed by atoms with Gasteiger partial charge in [0.2, 0.25) is 0 Å². The third-order valence-electron chi connectivity index (χ3n) is 2.11. The summed E-state index contributed by atoms with van der Waals surface area (Å²) >= 11 is 0. The zero-order chi connectivity index (χ0) is 12.8. The van der Waals surface area contributed by atoms with Crippen LogP contribution < -0.4 is 11.1 Å². The number of nitrogens with one attached hydrogen (secondary N) is 1. The third-order valence-corrected chi connectivity index (χ3v) is 2.11. The van der Waals surface area contributed by atoms with E-state index in [1.165, 1.54) is 10.9 Å². The number of hydrogen-bond acceptors (Lipinski definition) is 5. The monoisotopic (exact) mass is 242 g/mol. The molecule has 0 saturated carbocycles. The van der Waals surface area contributed by atoms with Gasteiger partial charge in [-0.2, -0.15) is 5.10 Å². The molecule has 0 aliphatic rings. The number of hydrogen-bond donors (Lipinski definition) is 3.